The molecule has 1 amide bonds. The third kappa shape index (κ3) is 4.84. The van der Waals surface area contributed by atoms with Crippen LogP contribution in [0.1, 0.15) is 5.56 Å². The van der Waals surface area contributed by atoms with Crippen molar-refractivity contribution in [3.05, 3.63) is 34.9 Å². The average Bonchev–Trinajstić information content (AvgIpc) is 2.28. The van der Waals surface area contributed by atoms with Gasteiger partial charge in [0.15, 0.2) is 0 Å². The number of carboxylic acid groups (broad SMARTS) is 1. The summed E-state index contributed by atoms with van der Waals surface area (Å²) in [5, 5.41) is 11.2. The first-order valence-electron chi connectivity index (χ1n) is 4.98. The van der Waals surface area contributed by atoms with E-state index in [9.17, 15) is 9.59 Å². The van der Waals surface area contributed by atoms with E-state index >= 15 is 0 Å². The van der Waals surface area contributed by atoms with Crippen LogP contribution >= 0.6 is 11.6 Å². The summed E-state index contributed by atoms with van der Waals surface area (Å²) in [5.41, 5.74) is 6.50. The fourth-order valence-electron chi connectivity index (χ4n) is 1.26. The van der Waals surface area contributed by atoms with Gasteiger partial charge in [0, 0.05) is 5.02 Å². The summed E-state index contributed by atoms with van der Waals surface area (Å²) in [6, 6.07) is 6.19. The number of carboxylic acids is 1. The number of hydrogen-bond acceptors (Lipinski definition) is 3. The summed E-state index contributed by atoms with van der Waals surface area (Å²) in [5.74, 6) is -1.58. The lowest BCUT2D eigenvalue weighted by molar-refractivity contribution is -0.138. The highest BCUT2D eigenvalue weighted by Gasteiger charge is 2.14. The lowest BCUT2D eigenvalue weighted by Gasteiger charge is -2.11. The molecule has 0 spiro atoms. The number of benzene rings is 1. The molecule has 17 heavy (non-hydrogen) atoms. The largest absolute Gasteiger partial charge is 0.480 e. The zero-order chi connectivity index (χ0) is 12.8. The maximum atomic E-state index is 11.4. The highest BCUT2D eigenvalue weighted by Crippen LogP contribution is 2.10. The van der Waals surface area contributed by atoms with Crippen LogP contribution in [-0.4, -0.2) is 29.6 Å². The Morgan fingerprint density at radius 2 is 1.94 bits per heavy atom. The van der Waals surface area contributed by atoms with Gasteiger partial charge in [-0.05, 0) is 24.1 Å². The summed E-state index contributed by atoms with van der Waals surface area (Å²) in [7, 11) is 0. The average molecular weight is 257 g/mol. The van der Waals surface area contributed by atoms with E-state index in [1.165, 1.54) is 0 Å². The molecule has 1 rings (SSSR count). The highest BCUT2D eigenvalue weighted by atomic mass is 35.5. The summed E-state index contributed by atoms with van der Waals surface area (Å²) in [6.45, 7) is -0.423. The second kappa shape index (κ2) is 6.22. The number of carbonyl (C=O) groups excluding carboxylic acids is 1. The van der Waals surface area contributed by atoms with Crippen LogP contribution in [0.3, 0.4) is 0 Å². The Labute approximate surface area is 104 Å². The van der Waals surface area contributed by atoms with Crippen molar-refractivity contribution in [2.24, 2.45) is 5.73 Å². The van der Waals surface area contributed by atoms with Crippen molar-refractivity contribution in [2.75, 3.05) is 6.54 Å². The number of nitrogens with one attached hydrogen (secondary N) is 1. The minimum absolute atomic E-state index is 0.336. The minimum atomic E-state index is -1.10. The Morgan fingerprint density at radius 1 is 1.35 bits per heavy atom. The van der Waals surface area contributed by atoms with Crippen LogP contribution in [-0.2, 0) is 16.0 Å². The van der Waals surface area contributed by atoms with E-state index < -0.39 is 24.5 Å². The molecule has 0 bridgehead atoms. The number of rotatable bonds is 5. The molecular weight excluding hydrogens is 244 g/mol. The van der Waals surface area contributed by atoms with Crippen molar-refractivity contribution < 1.29 is 14.7 Å². The van der Waals surface area contributed by atoms with Gasteiger partial charge in [-0.3, -0.25) is 9.59 Å². The van der Waals surface area contributed by atoms with Gasteiger partial charge in [0.05, 0.1) is 6.04 Å². The second-order valence-electron chi connectivity index (χ2n) is 3.55. The Balaban J connectivity index is 2.48. The van der Waals surface area contributed by atoms with Gasteiger partial charge in [0.2, 0.25) is 5.91 Å². The van der Waals surface area contributed by atoms with Gasteiger partial charge in [0.1, 0.15) is 6.54 Å². The van der Waals surface area contributed by atoms with Crippen LogP contribution in [0.4, 0.5) is 0 Å². The molecule has 0 aliphatic heterocycles. The first kappa shape index (κ1) is 13.5. The number of hydrogen-bond donors (Lipinski definition) is 3. The van der Waals surface area contributed by atoms with Crippen LogP contribution in [0.25, 0.3) is 0 Å². The predicted molar refractivity (Wildman–Crippen MR) is 63.8 cm³/mol. The smallest absolute Gasteiger partial charge is 0.322 e. The highest BCUT2D eigenvalue weighted by molar-refractivity contribution is 6.30. The molecule has 0 unspecified atom stereocenters. The predicted octanol–water partition coefficient (Wildman–Crippen LogP) is 0.411. The van der Waals surface area contributed by atoms with Crippen LogP contribution in [0, 0.1) is 0 Å². The summed E-state index contributed by atoms with van der Waals surface area (Å²) in [6.07, 6.45) is 0.336. The SMILES string of the molecule is N[C@@H](Cc1ccc(Cl)cc1)C(=O)NCC(=O)O. The second-order valence-corrected chi connectivity index (χ2v) is 3.99. The van der Waals surface area contributed by atoms with Gasteiger partial charge in [0.25, 0.3) is 0 Å². The Hall–Kier alpha value is -1.59. The van der Waals surface area contributed by atoms with Crippen molar-refractivity contribution in [3.8, 4) is 0 Å². The maximum Gasteiger partial charge on any atom is 0.322 e. The molecule has 0 aliphatic carbocycles. The normalized spacial score (nSPS) is 11.9. The van der Waals surface area contributed by atoms with E-state index in [1.54, 1.807) is 24.3 Å². The van der Waals surface area contributed by atoms with Crippen molar-refractivity contribution in [1.29, 1.82) is 0 Å². The maximum absolute atomic E-state index is 11.4. The van der Waals surface area contributed by atoms with Crippen LogP contribution in [0.5, 0.6) is 0 Å². The van der Waals surface area contributed by atoms with E-state index in [0.717, 1.165) is 5.56 Å². The lowest BCUT2D eigenvalue weighted by atomic mass is 10.1. The Morgan fingerprint density at radius 3 is 2.47 bits per heavy atom. The topological polar surface area (TPSA) is 92.4 Å². The van der Waals surface area contributed by atoms with Crippen LogP contribution in [0.2, 0.25) is 5.02 Å². The lowest BCUT2D eigenvalue weighted by Crippen LogP contribution is -2.43. The quantitative estimate of drug-likeness (QED) is 0.711. The molecule has 1 aromatic carbocycles. The molecule has 4 N–H and O–H groups in total. The van der Waals surface area contributed by atoms with E-state index in [2.05, 4.69) is 5.32 Å². The summed E-state index contributed by atoms with van der Waals surface area (Å²) < 4.78 is 0. The standard InChI is InChI=1S/C11H13ClN2O3/c12-8-3-1-7(2-4-8)5-9(13)11(17)14-6-10(15)16/h1-4,9H,5-6,13H2,(H,14,17)(H,15,16)/t9-/m0/s1. The number of nitrogens with two attached hydrogens (primary N) is 1. The Kier molecular flexibility index (Phi) is 4.93. The van der Waals surface area contributed by atoms with Crippen molar-refractivity contribution in [1.82, 2.24) is 5.32 Å². The van der Waals surface area contributed by atoms with Crippen LogP contribution < -0.4 is 11.1 Å². The summed E-state index contributed by atoms with van der Waals surface area (Å²) >= 11 is 5.72. The zero-order valence-corrected chi connectivity index (χ0v) is 9.78. The third-order valence-electron chi connectivity index (χ3n) is 2.12. The molecule has 0 aliphatic rings. The van der Waals surface area contributed by atoms with Gasteiger partial charge >= 0.3 is 5.97 Å². The third-order valence-corrected chi connectivity index (χ3v) is 2.37. The fraction of sp³-hybridized carbons (Fsp3) is 0.273. The number of amides is 1. The van der Waals surface area contributed by atoms with Gasteiger partial charge in [-0.1, -0.05) is 23.7 Å². The first-order valence-corrected chi connectivity index (χ1v) is 5.36. The van der Waals surface area contributed by atoms with Crippen LogP contribution in [0.15, 0.2) is 24.3 Å². The molecule has 0 saturated carbocycles. The van der Waals surface area contributed by atoms with E-state index in [1.807, 2.05) is 0 Å². The molecule has 92 valence electrons. The minimum Gasteiger partial charge on any atom is -0.480 e. The first-order chi connectivity index (χ1) is 7.99. The molecule has 0 saturated heterocycles. The Bertz CT molecular complexity index is 406. The van der Waals surface area contributed by atoms with Crippen molar-refractivity contribution in [2.45, 2.75) is 12.5 Å². The number of halogens is 1. The molecule has 0 fully saturated rings. The zero-order valence-electron chi connectivity index (χ0n) is 9.02. The molecule has 0 aromatic heterocycles. The molecule has 0 heterocycles. The van der Waals surface area contributed by atoms with E-state index in [0.29, 0.717) is 11.4 Å². The van der Waals surface area contributed by atoms with E-state index in [-0.39, 0.29) is 0 Å². The summed E-state index contributed by atoms with van der Waals surface area (Å²) in [4.78, 5) is 21.6. The van der Waals surface area contributed by atoms with E-state index in [4.69, 9.17) is 22.4 Å². The molecule has 6 heteroatoms. The molecule has 0 radical (unpaired) electrons. The monoisotopic (exact) mass is 256 g/mol. The van der Waals surface area contributed by atoms with Crippen molar-refractivity contribution in [3.63, 3.8) is 0 Å². The molecule has 5 nitrogen and oxygen atoms in total. The molecular formula is C11H13ClN2O3. The van der Waals surface area contributed by atoms with Gasteiger partial charge < -0.3 is 16.2 Å². The number of aliphatic carboxylic acids is 1. The number of carbonyl (C=O) groups is 2. The van der Waals surface area contributed by atoms with Gasteiger partial charge in [-0.25, -0.2) is 0 Å². The van der Waals surface area contributed by atoms with Gasteiger partial charge in [-0.15, -0.1) is 0 Å². The molecule has 1 aromatic rings. The molecule has 1 atom stereocenters. The van der Waals surface area contributed by atoms with Crippen molar-refractivity contribution >= 4 is 23.5 Å². The van der Waals surface area contributed by atoms with Gasteiger partial charge in [-0.2, -0.15) is 0 Å². The fourth-order valence-corrected chi connectivity index (χ4v) is 1.39.